The summed E-state index contributed by atoms with van der Waals surface area (Å²) in [5, 5.41) is 2.76. The van der Waals surface area contributed by atoms with E-state index in [1.54, 1.807) is 6.92 Å². The second-order valence-electron chi connectivity index (χ2n) is 8.94. The molecule has 0 radical (unpaired) electrons. The Bertz CT molecular complexity index is 1020. The summed E-state index contributed by atoms with van der Waals surface area (Å²) < 4.78 is 30.9. The number of rotatable bonds is 9. The molecule has 0 saturated carbocycles. The third-order valence-corrected chi connectivity index (χ3v) is 7.68. The van der Waals surface area contributed by atoms with Crippen molar-refractivity contribution >= 4 is 15.7 Å². The molecular formula is C24H35N3O4S. The number of sulfone groups is 1. The molecule has 7 nitrogen and oxygen atoms in total. The van der Waals surface area contributed by atoms with Gasteiger partial charge in [0.2, 0.25) is 11.8 Å². The first-order valence-electron chi connectivity index (χ1n) is 11.4. The lowest BCUT2D eigenvalue weighted by atomic mass is 9.97. The Hall–Kier alpha value is -2.19. The number of carbonyl (C=O) groups is 1. The van der Waals surface area contributed by atoms with Crippen LogP contribution in [0.3, 0.4) is 0 Å². The Balaban J connectivity index is 1.50. The lowest BCUT2D eigenvalue weighted by Gasteiger charge is -2.39. The Kier molecular flexibility index (Phi) is 8.11. The number of likely N-dealkylation sites (tertiary alicyclic amines) is 1. The number of benzene rings is 1. The summed E-state index contributed by atoms with van der Waals surface area (Å²) in [4.78, 5) is 19.1. The van der Waals surface area contributed by atoms with Crippen molar-refractivity contribution in [3.05, 3.63) is 41.3 Å². The zero-order chi connectivity index (χ0) is 23.3. The molecule has 1 aromatic carbocycles. The average Bonchev–Trinajstić information content (AvgIpc) is 3.06. The minimum Gasteiger partial charge on any atom is -0.441 e. The second-order valence-corrected chi connectivity index (χ2v) is 11.0. The Morgan fingerprint density at radius 2 is 1.88 bits per heavy atom. The normalized spacial score (nSPS) is 19.8. The first-order chi connectivity index (χ1) is 15.2. The highest BCUT2D eigenvalue weighted by Crippen LogP contribution is 2.26. The van der Waals surface area contributed by atoms with Crippen LogP contribution in [0, 0.1) is 13.8 Å². The molecule has 0 spiro atoms. The number of nitrogens with one attached hydrogen (secondary N) is 1. The van der Waals surface area contributed by atoms with Gasteiger partial charge in [0, 0.05) is 30.7 Å². The van der Waals surface area contributed by atoms with Crippen molar-refractivity contribution in [1.29, 1.82) is 0 Å². The molecule has 1 saturated heterocycles. The number of aryl methyl sites for hydroxylation is 2. The third-order valence-electron chi connectivity index (χ3n) is 6.27. The summed E-state index contributed by atoms with van der Waals surface area (Å²) in [5.74, 6) is -0.474. The summed E-state index contributed by atoms with van der Waals surface area (Å²) in [6.45, 7) is 9.53. The van der Waals surface area contributed by atoms with Crippen molar-refractivity contribution < 1.29 is 17.6 Å². The van der Waals surface area contributed by atoms with Crippen LogP contribution in [0.2, 0.25) is 0 Å². The first-order valence-corrected chi connectivity index (χ1v) is 13.2. The smallest absolute Gasteiger partial charge is 0.235 e. The van der Waals surface area contributed by atoms with E-state index in [2.05, 4.69) is 29.0 Å². The van der Waals surface area contributed by atoms with E-state index in [0.717, 1.165) is 24.1 Å². The van der Waals surface area contributed by atoms with Crippen molar-refractivity contribution in [2.45, 2.75) is 71.2 Å². The molecular weight excluding hydrogens is 426 g/mol. The van der Waals surface area contributed by atoms with Crippen molar-refractivity contribution in [3.8, 4) is 11.5 Å². The number of nitrogens with zero attached hydrogens (tertiary/aromatic N) is 2. The van der Waals surface area contributed by atoms with Crippen LogP contribution < -0.4 is 5.32 Å². The molecule has 1 aliphatic rings. The number of amides is 1. The fourth-order valence-electron chi connectivity index (χ4n) is 4.41. The lowest BCUT2D eigenvalue weighted by Crippen LogP contribution is -2.45. The van der Waals surface area contributed by atoms with Gasteiger partial charge in [-0.3, -0.25) is 9.69 Å². The fraction of sp³-hybridized carbons (Fsp3) is 0.583. The van der Waals surface area contributed by atoms with Crippen LogP contribution in [0.5, 0.6) is 0 Å². The molecule has 2 atom stereocenters. The van der Waals surface area contributed by atoms with Crippen LogP contribution >= 0.6 is 0 Å². The molecule has 0 aliphatic carbocycles. The predicted octanol–water partition coefficient (Wildman–Crippen LogP) is 3.64. The number of piperidine rings is 1. The van der Waals surface area contributed by atoms with Crippen LogP contribution in [0.15, 0.2) is 28.7 Å². The molecule has 1 fully saturated rings. The van der Waals surface area contributed by atoms with Gasteiger partial charge in [0.25, 0.3) is 0 Å². The zero-order valence-electron chi connectivity index (χ0n) is 19.6. The van der Waals surface area contributed by atoms with Gasteiger partial charge in [-0.15, -0.1) is 0 Å². The van der Waals surface area contributed by atoms with E-state index in [-0.39, 0.29) is 5.75 Å². The zero-order valence-corrected chi connectivity index (χ0v) is 20.4. The highest BCUT2D eigenvalue weighted by atomic mass is 32.2. The maximum Gasteiger partial charge on any atom is 0.235 e. The maximum atomic E-state index is 12.6. The molecule has 1 aliphatic heterocycles. The standard InChI is InChI=1S/C24H35N3O4S/c1-17-9-5-6-12-21(17)24-26-22(20(4)31-24)15-32(29,30)16-23(28)25-13-8-14-27-18(2)10-7-11-19(27)3/h5-6,9,12,18-19H,7-8,10-11,13-16H2,1-4H3,(H,25,28)/t18-,19+. The van der Waals surface area contributed by atoms with Gasteiger partial charge in [0.1, 0.15) is 11.5 Å². The first kappa shape index (κ1) is 24.5. The lowest BCUT2D eigenvalue weighted by molar-refractivity contribution is -0.118. The largest absolute Gasteiger partial charge is 0.441 e. The summed E-state index contributed by atoms with van der Waals surface area (Å²) in [7, 11) is -3.66. The van der Waals surface area contributed by atoms with Gasteiger partial charge < -0.3 is 9.73 Å². The topological polar surface area (TPSA) is 92.5 Å². The van der Waals surface area contributed by atoms with E-state index in [1.165, 1.54) is 19.3 Å². The van der Waals surface area contributed by atoms with E-state index in [4.69, 9.17) is 4.42 Å². The number of carbonyl (C=O) groups excluding carboxylic acids is 1. The number of aromatic nitrogens is 1. The van der Waals surface area contributed by atoms with Gasteiger partial charge >= 0.3 is 0 Å². The average molecular weight is 462 g/mol. The Morgan fingerprint density at radius 3 is 2.56 bits per heavy atom. The Labute approximate surface area is 191 Å². The Morgan fingerprint density at radius 1 is 1.19 bits per heavy atom. The molecule has 0 unspecified atom stereocenters. The summed E-state index contributed by atoms with van der Waals surface area (Å²) in [6.07, 6.45) is 4.50. The molecule has 0 bridgehead atoms. The van der Waals surface area contributed by atoms with Gasteiger partial charge in [0.15, 0.2) is 9.84 Å². The van der Waals surface area contributed by atoms with Gasteiger partial charge in [0.05, 0.1) is 11.4 Å². The number of hydrogen-bond acceptors (Lipinski definition) is 6. The molecule has 3 rings (SSSR count). The van der Waals surface area contributed by atoms with Gasteiger partial charge in [-0.25, -0.2) is 13.4 Å². The van der Waals surface area contributed by atoms with Gasteiger partial charge in [-0.1, -0.05) is 24.6 Å². The number of oxazole rings is 1. The van der Waals surface area contributed by atoms with Gasteiger partial charge in [-0.05, 0) is 58.6 Å². The van der Waals surface area contributed by atoms with Crippen LogP contribution in [-0.2, 0) is 20.4 Å². The van der Waals surface area contributed by atoms with Crippen molar-refractivity contribution in [2.24, 2.45) is 0 Å². The van der Waals surface area contributed by atoms with Crippen molar-refractivity contribution in [1.82, 2.24) is 15.2 Å². The minimum atomic E-state index is -3.66. The number of hydrogen-bond donors (Lipinski definition) is 1. The maximum absolute atomic E-state index is 12.6. The summed E-state index contributed by atoms with van der Waals surface area (Å²) in [5.41, 5.74) is 2.18. The molecule has 176 valence electrons. The van der Waals surface area contributed by atoms with Crippen molar-refractivity contribution in [2.75, 3.05) is 18.8 Å². The molecule has 2 heterocycles. The third kappa shape index (κ3) is 6.42. The molecule has 1 N–H and O–H groups in total. The SMILES string of the molecule is Cc1ccccc1-c1nc(CS(=O)(=O)CC(=O)NCCCN2[C@H](C)CCC[C@@H]2C)c(C)o1. The summed E-state index contributed by atoms with van der Waals surface area (Å²) >= 11 is 0. The van der Waals surface area contributed by atoms with E-state index < -0.39 is 21.5 Å². The van der Waals surface area contributed by atoms with Crippen LogP contribution in [-0.4, -0.2) is 55.1 Å². The van der Waals surface area contributed by atoms with E-state index in [0.29, 0.717) is 36.0 Å². The minimum absolute atomic E-state index is 0.315. The highest BCUT2D eigenvalue weighted by Gasteiger charge is 2.25. The molecule has 1 amide bonds. The quantitative estimate of drug-likeness (QED) is 0.573. The molecule has 2 aromatic rings. The van der Waals surface area contributed by atoms with E-state index in [1.807, 2.05) is 31.2 Å². The molecule has 1 aromatic heterocycles. The second kappa shape index (κ2) is 10.6. The van der Waals surface area contributed by atoms with Crippen LogP contribution in [0.1, 0.15) is 56.5 Å². The van der Waals surface area contributed by atoms with Crippen molar-refractivity contribution in [3.63, 3.8) is 0 Å². The molecule has 32 heavy (non-hydrogen) atoms. The monoisotopic (exact) mass is 461 g/mol. The van der Waals surface area contributed by atoms with Crippen LogP contribution in [0.25, 0.3) is 11.5 Å². The predicted molar refractivity (Wildman–Crippen MR) is 126 cm³/mol. The highest BCUT2D eigenvalue weighted by molar-refractivity contribution is 7.91. The molecule has 8 heteroatoms. The van der Waals surface area contributed by atoms with E-state index >= 15 is 0 Å². The summed E-state index contributed by atoms with van der Waals surface area (Å²) in [6, 6.07) is 8.76. The van der Waals surface area contributed by atoms with Gasteiger partial charge in [-0.2, -0.15) is 0 Å². The van der Waals surface area contributed by atoms with Crippen LogP contribution in [0.4, 0.5) is 0 Å². The van der Waals surface area contributed by atoms with E-state index in [9.17, 15) is 13.2 Å². The fourth-order valence-corrected chi connectivity index (χ4v) is 5.69.